The van der Waals surface area contributed by atoms with Gasteiger partial charge in [0.1, 0.15) is 0 Å². The van der Waals surface area contributed by atoms with E-state index in [0.717, 1.165) is 6.34 Å². The van der Waals surface area contributed by atoms with Crippen LogP contribution in [0.3, 0.4) is 0 Å². The van der Waals surface area contributed by atoms with Gasteiger partial charge in [-0.1, -0.05) is 37.6 Å². The predicted octanol–water partition coefficient (Wildman–Crippen LogP) is 3.19. The van der Waals surface area contributed by atoms with Crippen LogP contribution in [-0.4, -0.2) is 6.34 Å². The average molecular weight is 194 g/mol. The van der Waals surface area contributed by atoms with E-state index in [1.54, 1.807) is 0 Å². The van der Waals surface area contributed by atoms with E-state index in [-0.39, 0.29) is 0 Å². The van der Waals surface area contributed by atoms with Gasteiger partial charge >= 0.3 is 0 Å². The summed E-state index contributed by atoms with van der Waals surface area (Å²) in [6, 6.07) is 6.50. The number of aryl methyl sites for hydroxylation is 3. The minimum Gasteiger partial charge on any atom is -0.390 e. The van der Waals surface area contributed by atoms with Crippen molar-refractivity contribution in [3.63, 3.8) is 0 Å². The molecular formula is C12H22N2. The van der Waals surface area contributed by atoms with Crippen molar-refractivity contribution in [3.8, 4) is 0 Å². The summed E-state index contributed by atoms with van der Waals surface area (Å²) in [5.74, 6) is 0. The maximum absolute atomic E-state index is 5.86. The Kier molecular flexibility index (Phi) is 10.6. The minimum absolute atomic E-state index is 0.750. The lowest BCUT2D eigenvalue weighted by Gasteiger charge is -1.98. The fourth-order valence-electron chi connectivity index (χ4n) is 0.891. The van der Waals surface area contributed by atoms with Crippen LogP contribution in [0.1, 0.15) is 30.5 Å². The highest BCUT2D eigenvalue weighted by molar-refractivity contribution is 5.46. The van der Waals surface area contributed by atoms with E-state index in [2.05, 4.69) is 44.7 Å². The van der Waals surface area contributed by atoms with Crippen molar-refractivity contribution < 1.29 is 0 Å². The molecule has 3 N–H and O–H groups in total. The third-order valence-corrected chi connectivity index (χ3v) is 1.66. The molecule has 0 heterocycles. The first-order valence-corrected chi connectivity index (χ1v) is 4.86. The van der Waals surface area contributed by atoms with E-state index in [4.69, 9.17) is 5.41 Å². The molecule has 14 heavy (non-hydrogen) atoms. The smallest absolute Gasteiger partial charge is 0.0765 e. The topological polar surface area (TPSA) is 49.9 Å². The number of benzene rings is 1. The zero-order valence-corrected chi connectivity index (χ0v) is 9.89. The van der Waals surface area contributed by atoms with Gasteiger partial charge in [-0.2, -0.15) is 0 Å². The van der Waals surface area contributed by atoms with Gasteiger partial charge in [0.25, 0.3) is 0 Å². The van der Waals surface area contributed by atoms with E-state index < -0.39 is 0 Å². The second kappa shape index (κ2) is 9.78. The van der Waals surface area contributed by atoms with Crippen molar-refractivity contribution in [2.24, 2.45) is 5.73 Å². The van der Waals surface area contributed by atoms with Crippen LogP contribution < -0.4 is 5.73 Å². The molecule has 0 amide bonds. The first-order valence-electron chi connectivity index (χ1n) is 4.86. The van der Waals surface area contributed by atoms with Gasteiger partial charge in [0.2, 0.25) is 0 Å². The molecule has 0 aliphatic carbocycles. The van der Waals surface area contributed by atoms with E-state index in [1.807, 2.05) is 13.8 Å². The zero-order chi connectivity index (χ0) is 11.6. The van der Waals surface area contributed by atoms with Crippen LogP contribution in [0.5, 0.6) is 0 Å². The van der Waals surface area contributed by atoms with Crippen molar-refractivity contribution in [1.82, 2.24) is 0 Å². The lowest BCUT2D eigenvalue weighted by Crippen LogP contribution is -1.81. The molecule has 0 saturated heterocycles. The monoisotopic (exact) mass is 194 g/mol. The maximum Gasteiger partial charge on any atom is 0.0765 e. The van der Waals surface area contributed by atoms with Gasteiger partial charge in [0, 0.05) is 0 Å². The molecule has 0 aliphatic heterocycles. The van der Waals surface area contributed by atoms with Gasteiger partial charge in [-0.05, 0) is 31.9 Å². The summed E-state index contributed by atoms with van der Waals surface area (Å²) in [5.41, 5.74) is 8.49. The third kappa shape index (κ3) is 7.35. The van der Waals surface area contributed by atoms with Gasteiger partial charge in [-0.25, -0.2) is 0 Å². The van der Waals surface area contributed by atoms with E-state index >= 15 is 0 Å². The van der Waals surface area contributed by atoms with Gasteiger partial charge in [0.05, 0.1) is 6.34 Å². The molecule has 80 valence electrons. The molecule has 1 aromatic carbocycles. The van der Waals surface area contributed by atoms with Crippen LogP contribution in [0.25, 0.3) is 0 Å². The summed E-state index contributed by atoms with van der Waals surface area (Å²) < 4.78 is 0. The molecule has 0 spiro atoms. The second-order valence-corrected chi connectivity index (χ2v) is 2.75. The lowest BCUT2D eigenvalue weighted by atomic mass is 10.1. The van der Waals surface area contributed by atoms with Crippen molar-refractivity contribution in [2.45, 2.75) is 34.6 Å². The first kappa shape index (κ1) is 15.2. The highest BCUT2D eigenvalue weighted by Crippen LogP contribution is 2.07. The highest BCUT2D eigenvalue weighted by Gasteiger charge is 1.89. The molecule has 0 aromatic heterocycles. The summed E-state index contributed by atoms with van der Waals surface area (Å²) in [6.45, 7) is 10.4. The Bertz CT molecular complexity index is 254. The lowest BCUT2D eigenvalue weighted by molar-refractivity contribution is 1.30. The van der Waals surface area contributed by atoms with Crippen LogP contribution in [0.4, 0.5) is 0 Å². The first-order chi connectivity index (χ1) is 6.61. The number of rotatable bonds is 0. The quantitative estimate of drug-likeness (QED) is 0.483. The molecule has 0 saturated carbocycles. The van der Waals surface area contributed by atoms with E-state index in [9.17, 15) is 0 Å². The highest BCUT2D eigenvalue weighted by atomic mass is 14.6. The molecule has 0 radical (unpaired) electrons. The Morgan fingerprint density at radius 1 is 1.07 bits per heavy atom. The third-order valence-electron chi connectivity index (χ3n) is 1.66. The Labute approximate surface area is 87.7 Å². The zero-order valence-electron chi connectivity index (χ0n) is 9.89. The molecular weight excluding hydrogens is 172 g/mol. The Morgan fingerprint density at radius 2 is 1.50 bits per heavy atom. The fraction of sp³-hybridized carbons (Fsp3) is 0.417. The van der Waals surface area contributed by atoms with Crippen molar-refractivity contribution in [1.29, 1.82) is 5.41 Å². The van der Waals surface area contributed by atoms with Crippen LogP contribution in [0.2, 0.25) is 0 Å². The number of nitrogens with two attached hydrogens (primary N) is 1. The fourth-order valence-corrected chi connectivity index (χ4v) is 0.891. The molecule has 2 nitrogen and oxygen atoms in total. The normalized spacial score (nSPS) is 7.50. The van der Waals surface area contributed by atoms with Crippen LogP contribution in [0, 0.1) is 26.2 Å². The molecule has 0 unspecified atom stereocenters. The Morgan fingerprint density at radius 3 is 1.79 bits per heavy atom. The predicted molar refractivity (Wildman–Crippen MR) is 65.0 cm³/mol. The van der Waals surface area contributed by atoms with Crippen LogP contribution in [0.15, 0.2) is 18.2 Å². The number of hydrogen-bond acceptors (Lipinski definition) is 1. The van der Waals surface area contributed by atoms with Gasteiger partial charge in [0.15, 0.2) is 0 Å². The molecule has 0 atom stereocenters. The number of hydrogen-bond donors (Lipinski definition) is 2. The molecule has 0 fully saturated rings. The molecule has 2 heteroatoms. The summed E-state index contributed by atoms with van der Waals surface area (Å²) in [7, 11) is 0. The van der Waals surface area contributed by atoms with E-state index in [1.165, 1.54) is 16.7 Å². The molecule has 1 aromatic rings. The molecule has 0 bridgehead atoms. The van der Waals surface area contributed by atoms with E-state index in [0.29, 0.717) is 0 Å². The Balaban J connectivity index is 0. The summed E-state index contributed by atoms with van der Waals surface area (Å²) in [5, 5.41) is 5.86. The SMILES string of the molecule is CC.Cc1ccc(C)c(C)c1.N=CN. The maximum atomic E-state index is 5.86. The summed E-state index contributed by atoms with van der Waals surface area (Å²) in [6.07, 6.45) is 0.750. The van der Waals surface area contributed by atoms with Crippen molar-refractivity contribution in [3.05, 3.63) is 34.9 Å². The second-order valence-electron chi connectivity index (χ2n) is 2.75. The van der Waals surface area contributed by atoms with Gasteiger partial charge < -0.3 is 5.73 Å². The molecule has 0 aliphatic rings. The van der Waals surface area contributed by atoms with Gasteiger partial charge in [-0.15, -0.1) is 0 Å². The van der Waals surface area contributed by atoms with Crippen LogP contribution >= 0.6 is 0 Å². The molecule has 1 rings (SSSR count). The summed E-state index contributed by atoms with van der Waals surface area (Å²) in [4.78, 5) is 0. The average Bonchev–Trinajstić information content (AvgIpc) is 2.17. The standard InChI is InChI=1S/C9H12.C2H6.CH4N2/c1-7-4-5-8(2)9(3)6-7;1-2;2-1-3/h4-6H,1-3H3;1-2H3;1H,(H3,2,3). The minimum atomic E-state index is 0.750. The largest absolute Gasteiger partial charge is 0.390 e. The van der Waals surface area contributed by atoms with Crippen molar-refractivity contribution in [2.75, 3.05) is 0 Å². The number of nitrogens with one attached hydrogen (secondary N) is 1. The van der Waals surface area contributed by atoms with Crippen LogP contribution in [-0.2, 0) is 0 Å². The Hall–Kier alpha value is -1.31. The van der Waals surface area contributed by atoms with Gasteiger partial charge in [-0.3, -0.25) is 5.41 Å². The van der Waals surface area contributed by atoms with Crippen molar-refractivity contribution >= 4 is 6.34 Å². The summed E-state index contributed by atoms with van der Waals surface area (Å²) >= 11 is 0.